The molecule has 1 aliphatic heterocycles. The van der Waals surface area contributed by atoms with E-state index in [0.29, 0.717) is 36.2 Å². The summed E-state index contributed by atoms with van der Waals surface area (Å²) >= 11 is 0. The molecule has 1 aromatic carbocycles. The summed E-state index contributed by atoms with van der Waals surface area (Å²) in [6.45, 7) is 20.7. The summed E-state index contributed by atoms with van der Waals surface area (Å²) in [4.78, 5) is 53.7. The number of carbonyl (C=O) groups excluding carboxylic acids is 4. The zero-order chi connectivity index (χ0) is 50.7. The van der Waals surface area contributed by atoms with Crippen LogP contribution in [-0.4, -0.2) is 86.8 Å². The second-order valence-electron chi connectivity index (χ2n) is 22.4. The quantitative estimate of drug-likeness (QED) is 0.0890. The predicted molar refractivity (Wildman–Crippen MR) is 270 cm³/mol. The lowest BCUT2D eigenvalue weighted by molar-refractivity contribution is -0.120. The van der Waals surface area contributed by atoms with Gasteiger partial charge < -0.3 is 39.9 Å². The number of Topliss-reactive ketones (excluding diaryl/α,β-unsaturated/α-hetero) is 1. The maximum absolute atomic E-state index is 14.3. The zero-order valence-corrected chi connectivity index (χ0v) is 44.1. The molecule has 13 heteroatoms. The summed E-state index contributed by atoms with van der Waals surface area (Å²) in [6, 6.07) is 6.78. The first-order chi connectivity index (χ1) is 32.4. The summed E-state index contributed by atoms with van der Waals surface area (Å²) in [5.41, 5.74) is 9.32. The van der Waals surface area contributed by atoms with Gasteiger partial charge in [-0.05, 0) is 141 Å². The van der Waals surface area contributed by atoms with Crippen LogP contribution >= 0.6 is 0 Å². The number of aliphatic hydroxyl groups is 2. The fraction of sp³-hybridized carbons (Fsp3) is 0.607. The van der Waals surface area contributed by atoms with Gasteiger partial charge in [-0.25, -0.2) is 4.79 Å². The van der Waals surface area contributed by atoms with Crippen molar-refractivity contribution in [1.82, 2.24) is 5.32 Å². The highest BCUT2D eigenvalue weighted by Crippen LogP contribution is 2.63. The molecule has 2 bridgehead atoms. The van der Waals surface area contributed by atoms with E-state index in [9.17, 15) is 29.4 Å². The van der Waals surface area contributed by atoms with E-state index in [2.05, 4.69) is 76.1 Å². The van der Waals surface area contributed by atoms with Gasteiger partial charge in [-0.2, -0.15) is 0 Å². The molecule has 0 radical (unpaired) electrons. The van der Waals surface area contributed by atoms with E-state index in [1.54, 1.807) is 32.1 Å². The Balaban J connectivity index is 1.21. The molecule has 1 unspecified atom stereocenters. The van der Waals surface area contributed by atoms with Crippen LogP contribution in [0.1, 0.15) is 124 Å². The van der Waals surface area contributed by atoms with Gasteiger partial charge in [0.25, 0.3) is 5.91 Å². The Bertz CT molecular complexity index is 2360. The van der Waals surface area contributed by atoms with Gasteiger partial charge in [0.05, 0.1) is 24.0 Å². The van der Waals surface area contributed by atoms with Gasteiger partial charge in [-0.15, -0.1) is 5.92 Å². The van der Waals surface area contributed by atoms with Crippen LogP contribution in [0.5, 0.6) is 5.75 Å². The molecule has 12 atom stereocenters. The topological polar surface area (TPSA) is 184 Å². The summed E-state index contributed by atoms with van der Waals surface area (Å²) in [6.07, 6.45) is 8.72. The SMILES string of the molecule is COC1/C=C\C=C(/C)C(=O)NC2=CC(=O)C(CC#CC[C@@H]3C[C@H]4[C@@H]5CCc6cc(O[Si](C)(C)C(C)(C)C)ccc6[C@H]5CC[C@]4(C)[C@H]3O)=C(C[C@H](C)C[C@@H](OC)[C@@H](O)[C@H](C)/C=C(\C)[C@H]1OC(N)=O)C2=O. The van der Waals surface area contributed by atoms with Crippen molar-refractivity contribution in [2.24, 2.45) is 40.7 Å². The summed E-state index contributed by atoms with van der Waals surface area (Å²) < 4.78 is 23.6. The van der Waals surface area contributed by atoms with Gasteiger partial charge in [0.15, 0.2) is 11.9 Å². The van der Waals surface area contributed by atoms with E-state index in [1.165, 1.54) is 37.5 Å². The number of aliphatic hydroxyl groups excluding tert-OH is 2. The average Bonchev–Trinajstić information content (AvgIpc) is 3.54. The fourth-order valence-corrected chi connectivity index (χ4v) is 12.6. The van der Waals surface area contributed by atoms with Crippen LogP contribution in [0.3, 0.4) is 0 Å². The Hall–Kier alpha value is -4.58. The smallest absolute Gasteiger partial charge is 0.405 e. The van der Waals surface area contributed by atoms with Crippen molar-refractivity contribution in [3.63, 3.8) is 0 Å². The molecule has 5 N–H and O–H groups in total. The van der Waals surface area contributed by atoms with Crippen molar-refractivity contribution in [2.45, 2.75) is 168 Å². The number of nitrogens with two attached hydrogens (primary N) is 1. The van der Waals surface area contributed by atoms with Gasteiger partial charge in [-0.3, -0.25) is 14.4 Å². The molecule has 5 aliphatic rings. The second-order valence-corrected chi connectivity index (χ2v) is 27.1. The number of allylic oxidation sites excluding steroid dienone is 5. The van der Waals surface area contributed by atoms with E-state index in [-0.39, 0.29) is 57.5 Å². The molecule has 2 amide bonds. The molecule has 1 heterocycles. The number of methoxy groups -OCH3 is 2. The van der Waals surface area contributed by atoms with E-state index in [4.69, 9.17) is 24.4 Å². The van der Waals surface area contributed by atoms with Crippen LogP contribution in [-0.2, 0) is 35.0 Å². The Morgan fingerprint density at radius 1 is 1.03 bits per heavy atom. The predicted octanol–water partition coefficient (Wildman–Crippen LogP) is 9.12. The number of fused-ring (bicyclic) bond motifs is 7. The lowest BCUT2D eigenvalue weighted by Gasteiger charge is -2.50. The van der Waals surface area contributed by atoms with Crippen LogP contribution < -0.4 is 15.5 Å². The first-order valence-corrected chi connectivity index (χ1v) is 27.8. The largest absolute Gasteiger partial charge is 0.543 e. The summed E-state index contributed by atoms with van der Waals surface area (Å²) in [7, 11) is 0.985. The molecule has 12 nitrogen and oxygen atoms in total. The highest BCUT2D eigenvalue weighted by Gasteiger charge is 2.57. The molecule has 0 saturated heterocycles. The van der Waals surface area contributed by atoms with Gasteiger partial charge in [-0.1, -0.05) is 77.8 Å². The molecule has 4 aliphatic carbocycles. The van der Waals surface area contributed by atoms with E-state index < -0.39 is 68.3 Å². The highest BCUT2D eigenvalue weighted by atomic mass is 28.4. The number of aryl methyl sites for hydroxylation is 1. The maximum atomic E-state index is 14.3. The molecule has 6 rings (SSSR count). The number of ketones is 2. The molecule has 0 spiro atoms. The number of hydrogen-bond donors (Lipinski definition) is 4. The molecule has 376 valence electrons. The van der Waals surface area contributed by atoms with Gasteiger partial charge in [0.2, 0.25) is 14.1 Å². The minimum absolute atomic E-state index is 0.0111. The van der Waals surface area contributed by atoms with Crippen molar-refractivity contribution in [3.05, 3.63) is 87.7 Å². The number of carbonyl (C=O) groups is 4. The van der Waals surface area contributed by atoms with Crippen LogP contribution in [0.15, 0.2) is 76.6 Å². The zero-order valence-electron chi connectivity index (χ0n) is 43.1. The number of primary amides is 1. The molecule has 69 heavy (non-hydrogen) atoms. The summed E-state index contributed by atoms with van der Waals surface area (Å²) in [5, 5.41) is 26.3. The standard InChI is InChI=1S/C56H78N2O10Si/c1-32-26-43-42(18-14-13-17-37-30-44-41-22-20-36-29-38(68-69(11,12)55(5,6)7)21-23-39(36)40(41)24-25-56(44,8)52(37)62)46(59)31-45(50(43)61)58-53(63)33(2)16-15-19-47(65-9)51(67-54(57)64)35(4)28-34(3)49(60)48(27-32)66-10/h15-16,19,21,23,28-29,31-32,34,37,40-41,44,47-49,51-52,60,62H,17-18,20,22,24-27,30H2,1-12H3,(H2,57,64)(H,58,63)/b19-15-,33-16+,35-28+/t32-,34+,37+,40+,41+,44-,47?,48+,49-,51+,52-,56-/m0/s1. The highest BCUT2D eigenvalue weighted by molar-refractivity contribution is 6.74. The molecular weight excluding hydrogens is 889 g/mol. The van der Waals surface area contributed by atoms with Crippen molar-refractivity contribution < 1.29 is 48.0 Å². The Morgan fingerprint density at radius 2 is 1.75 bits per heavy atom. The number of rotatable bonds is 7. The van der Waals surface area contributed by atoms with E-state index in [0.717, 1.165) is 37.9 Å². The van der Waals surface area contributed by atoms with Crippen molar-refractivity contribution in [1.29, 1.82) is 0 Å². The van der Waals surface area contributed by atoms with Crippen LogP contribution in [0, 0.1) is 46.8 Å². The molecule has 1 aromatic rings. The van der Waals surface area contributed by atoms with Crippen LogP contribution in [0.2, 0.25) is 18.1 Å². The molecule has 2 fully saturated rings. The monoisotopic (exact) mass is 967 g/mol. The first kappa shape index (κ1) is 53.8. The molecular formula is C56H78N2O10Si. The fourth-order valence-electron chi connectivity index (χ4n) is 11.6. The second kappa shape index (κ2) is 21.8. The minimum Gasteiger partial charge on any atom is -0.543 e. The Labute approximate surface area is 411 Å². The van der Waals surface area contributed by atoms with Crippen molar-refractivity contribution in [3.8, 4) is 17.6 Å². The van der Waals surface area contributed by atoms with Gasteiger partial charge in [0, 0.05) is 55.8 Å². The normalized spacial score (nSPS) is 34.6. The van der Waals surface area contributed by atoms with Crippen LogP contribution in [0.4, 0.5) is 4.79 Å². The van der Waals surface area contributed by atoms with Crippen molar-refractivity contribution in [2.75, 3.05) is 14.2 Å². The molecule has 0 aromatic heterocycles. The molecule has 2 saturated carbocycles. The number of benzene rings is 1. The Morgan fingerprint density at radius 3 is 2.42 bits per heavy atom. The van der Waals surface area contributed by atoms with Gasteiger partial charge >= 0.3 is 6.09 Å². The lowest BCUT2D eigenvalue weighted by atomic mass is 9.55. The average molecular weight is 967 g/mol. The van der Waals surface area contributed by atoms with E-state index in [1.807, 2.05) is 13.8 Å². The van der Waals surface area contributed by atoms with Crippen molar-refractivity contribution >= 4 is 31.9 Å². The van der Waals surface area contributed by atoms with Crippen LogP contribution in [0.25, 0.3) is 0 Å². The first-order valence-electron chi connectivity index (χ1n) is 24.9. The lowest BCUT2D eigenvalue weighted by Crippen LogP contribution is -2.44. The summed E-state index contributed by atoms with van der Waals surface area (Å²) in [5.74, 6) is 6.65. The van der Waals surface area contributed by atoms with Gasteiger partial charge in [0.1, 0.15) is 11.9 Å². The number of ether oxygens (including phenoxy) is 3. The third-order valence-corrected chi connectivity index (χ3v) is 21.0. The number of hydrogen-bond acceptors (Lipinski definition) is 10. The number of nitrogens with one attached hydrogen (secondary N) is 1. The Kier molecular flexibility index (Phi) is 17.0. The third-order valence-electron chi connectivity index (χ3n) is 16.7. The number of amides is 2. The van der Waals surface area contributed by atoms with E-state index >= 15 is 0 Å². The third kappa shape index (κ3) is 11.8. The minimum atomic E-state index is -1.97. The maximum Gasteiger partial charge on any atom is 0.405 e.